The number of nitrogens with one attached hydrogen (secondary N) is 2. The summed E-state index contributed by atoms with van der Waals surface area (Å²) in [4.78, 5) is 38.3. The van der Waals surface area contributed by atoms with Crippen LogP contribution in [0.2, 0.25) is 0 Å². The van der Waals surface area contributed by atoms with Gasteiger partial charge in [-0.05, 0) is 56.0 Å². The Morgan fingerprint density at radius 1 is 1.18 bits per heavy atom. The van der Waals surface area contributed by atoms with Gasteiger partial charge in [0, 0.05) is 25.3 Å². The third-order valence-electron chi connectivity index (χ3n) is 5.47. The lowest BCUT2D eigenvalue weighted by molar-refractivity contribution is 0.0946. The predicted octanol–water partition coefficient (Wildman–Crippen LogP) is 2.31. The van der Waals surface area contributed by atoms with E-state index in [1.807, 2.05) is 25.1 Å². The van der Waals surface area contributed by atoms with Crippen LogP contribution in [-0.4, -0.2) is 47.1 Å². The summed E-state index contributed by atoms with van der Waals surface area (Å²) in [6.07, 6.45) is 4.58. The molecule has 1 saturated carbocycles. The number of rotatable bonds is 3. The molecule has 2 bridgehead atoms. The molecule has 2 N–H and O–H groups in total. The maximum atomic E-state index is 13.1. The van der Waals surface area contributed by atoms with Gasteiger partial charge in [-0.15, -0.1) is 0 Å². The summed E-state index contributed by atoms with van der Waals surface area (Å²) in [7, 11) is 0. The fourth-order valence-corrected chi connectivity index (χ4v) is 3.86. The van der Waals surface area contributed by atoms with Crippen LogP contribution in [0.25, 0.3) is 0 Å². The number of urea groups is 1. The molecule has 1 saturated heterocycles. The van der Waals surface area contributed by atoms with Gasteiger partial charge in [-0.25, -0.2) is 14.8 Å². The van der Waals surface area contributed by atoms with E-state index in [4.69, 9.17) is 0 Å². The molecule has 0 spiro atoms. The fraction of sp³-hybridized carbons (Fsp3) is 0.400. The molecule has 5 rings (SSSR count). The number of anilines is 3. The van der Waals surface area contributed by atoms with Gasteiger partial charge in [0.05, 0.1) is 11.7 Å². The van der Waals surface area contributed by atoms with Crippen LogP contribution in [-0.2, 0) is 0 Å². The molecule has 3 amide bonds. The van der Waals surface area contributed by atoms with Gasteiger partial charge in [-0.3, -0.25) is 15.0 Å². The lowest BCUT2D eigenvalue weighted by Gasteiger charge is -2.35. The molecule has 2 aromatic rings. The summed E-state index contributed by atoms with van der Waals surface area (Å²) in [6.45, 7) is 3.60. The molecule has 3 aliphatic rings. The number of aryl methyl sites for hydroxylation is 1. The molecule has 4 heterocycles. The summed E-state index contributed by atoms with van der Waals surface area (Å²) in [5, 5.41) is 5.84. The van der Waals surface area contributed by atoms with Gasteiger partial charge in [-0.2, -0.15) is 0 Å². The molecule has 144 valence electrons. The SMILES string of the molecule is Cc1ccnc(NC(=O)N2c3nc(C(=O)NC4CC4)ccc3N3CC[C@H]2C3)c1. The topological polar surface area (TPSA) is 90.5 Å². The van der Waals surface area contributed by atoms with Crippen molar-refractivity contribution in [2.45, 2.75) is 38.3 Å². The van der Waals surface area contributed by atoms with E-state index >= 15 is 0 Å². The minimum atomic E-state index is -0.266. The van der Waals surface area contributed by atoms with Crippen LogP contribution < -0.4 is 20.4 Å². The molecule has 8 heteroatoms. The maximum Gasteiger partial charge on any atom is 0.329 e. The van der Waals surface area contributed by atoms with E-state index in [-0.39, 0.29) is 24.0 Å². The molecule has 28 heavy (non-hydrogen) atoms. The van der Waals surface area contributed by atoms with Crippen molar-refractivity contribution in [2.24, 2.45) is 0 Å². The molecule has 0 aromatic carbocycles. The second-order valence-corrected chi connectivity index (χ2v) is 7.69. The highest BCUT2D eigenvalue weighted by Gasteiger charge is 2.40. The highest BCUT2D eigenvalue weighted by Crippen LogP contribution is 2.39. The monoisotopic (exact) mass is 378 g/mol. The van der Waals surface area contributed by atoms with E-state index in [9.17, 15) is 9.59 Å². The van der Waals surface area contributed by atoms with Crippen molar-refractivity contribution in [3.05, 3.63) is 41.7 Å². The number of hydrogen-bond acceptors (Lipinski definition) is 5. The summed E-state index contributed by atoms with van der Waals surface area (Å²) in [5.41, 5.74) is 2.26. The van der Waals surface area contributed by atoms with Crippen LogP contribution in [0.5, 0.6) is 0 Å². The van der Waals surface area contributed by atoms with Gasteiger partial charge >= 0.3 is 6.03 Å². The minimum Gasteiger partial charge on any atom is -0.366 e. The smallest absolute Gasteiger partial charge is 0.329 e. The van der Waals surface area contributed by atoms with Crippen LogP contribution in [0.1, 0.15) is 35.3 Å². The average Bonchev–Trinajstić information content (AvgIpc) is 3.40. The Kier molecular flexibility index (Phi) is 3.92. The van der Waals surface area contributed by atoms with E-state index in [0.717, 1.165) is 43.6 Å². The minimum absolute atomic E-state index is 0.0338. The fourth-order valence-electron chi connectivity index (χ4n) is 3.86. The number of amides is 3. The van der Waals surface area contributed by atoms with E-state index < -0.39 is 0 Å². The number of aromatic nitrogens is 2. The Labute approximate surface area is 163 Å². The van der Waals surface area contributed by atoms with Gasteiger partial charge in [0.2, 0.25) is 0 Å². The first-order valence-corrected chi connectivity index (χ1v) is 9.68. The lowest BCUT2D eigenvalue weighted by Crippen LogP contribution is -2.48. The second kappa shape index (κ2) is 6.47. The number of pyridine rings is 2. The van der Waals surface area contributed by atoms with Crippen molar-refractivity contribution in [3.8, 4) is 0 Å². The first-order chi connectivity index (χ1) is 13.6. The molecule has 2 aromatic heterocycles. The number of fused-ring (bicyclic) bond motifs is 4. The molecule has 1 atom stereocenters. The van der Waals surface area contributed by atoms with E-state index in [1.165, 1.54) is 0 Å². The zero-order chi connectivity index (χ0) is 19.3. The van der Waals surface area contributed by atoms with Crippen LogP contribution in [0, 0.1) is 6.92 Å². The van der Waals surface area contributed by atoms with Crippen molar-refractivity contribution in [2.75, 3.05) is 28.2 Å². The summed E-state index contributed by atoms with van der Waals surface area (Å²) in [6, 6.07) is 7.38. The normalized spacial score (nSPS) is 20.0. The standard InChI is InChI=1S/C20H22N6O2/c1-12-6-8-21-17(10-12)24-20(28)26-14-7-9-25(11-14)16-5-4-15(23-18(16)26)19(27)22-13-2-3-13/h4-6,8,10,13-14H,2-3,7,9,11H2,1H3,(H,22,27)(H,21,24,28)/t14-/m0/s1. The Hall–Kier alpha value is -3.16. The molecule has 1 aliphatic carbocycles. The Morgan fingerprint density at radius 2 is 2.04 bits per heavy atom. The third-order valence-corrected chi connectivity index (χ3v) is 5.47. The molecule has 0 radical (unpaired) electrons. The summed E-state index contributed by atoms with van der Waals surface area (Å²) < 4.78 is 0. The van der Waals surface area contributed by atoms with E-state index in [2.05, 4.69) is 25.5 Å². The lowest BCUT2D eigenvalue weighted by atomic mass is 10.1. The Balaban J connectivity index is 1.46. The third kappa shape index (κ3) is 3.04. The number of nitrogens with zero attached hydrogens (tertiary/aromatic N) is 4. The summed E-state index contributed by atoms with van der Waals surface area (Å²) in [5.74, 6) is 0.871. The van der Waals surface area contributed by atoms with Gasteiger partial charge in [-0.1, -0.05) is 0 Å². The molecular weight excluding hydrogens is 356 g/mol. The maximum absolute atomic E-state index is 13.1. The van der Waals surface area contributed by atoms with Gasteiger partial charge < -0.3 is 10.2 Å². The van der Waals surface area contributed by atoms with Crippen molar-refractivity contribution in [1.29, 1.82) is 0 Å². The number of carbonyl (C=O) groups is 2. The molecule has 0 unspecified atom stereocenters. The van der Waals surface area contributed by atoms with Crippen LogP contribution in [0.15, 0.2) is 30.5 Å². The average molecular weight is 378 g/mol. The summed E-state index contributed by atoms with van der Waals surface area (Å²) >= 11 is 0. The molecule has 2 fully saturated rings. The molecular formula is C20H22N6O2. The first kappa shape index (κ1) is 17.0. The quantitative estimate of drug-likeness (QED) is 0.855. The van der Waals surface area contributed by atoms with E-state index in [0.29, 0.717) is 17.3 Å². The Morgan fingerprint density at radius 3 is 2.82 bits per heavy atom. The van der Waals surface area contributed by atoms with Crippen LogP contribution in [0.4, 0.5) is 22.1 Å². The number of hydrogen-bond donors (Lipinski definition) is 2. The van der Waals surface area contributed by atoms with Crippen molar-refractivity contribution >= 4 is 29.3 Å². The zero-order valence-electron chi connectivity index (χ0n) is 15.7. The van der Waals surface area contributed by atoms with Gasteiger partial charge in [0.15, 0.2) is 5.82 Å². The first-order valence-electron chi connectivity index (χ1n) is 9.68. The molecule has 2 aliphatic heterocycles. The number of carbonyl (C=O) groups excluding carboxylic acids is 2. The van der Waals surface area contributed by atoms with Crippen LogP contribution >= 0.6 is 0 Å². The van der Waals surface area contributed by atoms with Gasteiger partial charge in [0.1, 0.15) is 11.5 Å². The largest absolute Gasteiger partial charge is 0.366 e. The van der Waals surface area contributed by atoms with Crippen LogP contribution in [0.3, 0.4) is 0 Å². The second-order valence-electron chi connectivity index (χ2n) is 7.69. The highest BCUT2D eigenvalue weighted by molar-refractivity contribution is 6.05. The predicted molar refractivity (Wildman–Crippen MR) is 106 cm³/mol. The van der Waals surface area contributed by atoms with Crippen molar-refractivity contribution in [3.63, 3.8) is 0 Å². The van der Waals surface area contributed by atoms with E-state index in [1.54, 1.807) is 17.2 Å². The van der Waals surface area contributed by atoms with Gasteiger partial charge in [0.25, 0.3) is 5.91 Å². The van der Waals surface area contributed by atoms with Crippen molar-refractivity contribution < 1.29 is 9.59 Å². The molecule has 8 nitrogen and oxygen atoms in total. The zero-order valence-corrected chi connectivity index (χ0v) is 15.7. The highest BCUT2D eigenvalue weighted by atomic mass is 16.2. The Bertz CT molecular complexity index is 957. The van der Waals surface area contributed by atoms with Crippen molar-refractivity contribution in [1.82, 2.24) is 15.3 Å².